The molecule has 12 heavy (non-hydrogen) atoms. The van der Waals surface area contributed by atoms with Crippen LogP contribution in [0.25, 0.3) is 0 Å². The third kappa shape index (κ3) is 22.4. The van der Waals surface area contributed by atoms with Crippen molar-refractivity contribution in [1.82, 2.24) is 0 Å². The molecule has 0 atom stereocenters. The Labute approximate surface area is 74.5 Å². The molecule has 0 aromatic rings. The number of hydrogen-bond donors (Lipinski definition) is 4. The number of hydrogen-bond acceptors (Lipinski definition) is 4. The maximum atomic E-state index is 9.51. The van der Waals surface area contributed by atoms with E-state index in [1.54, 1.807) is 0 Å². The van der Waals surface area contributed by atoms with E-state index in [4.69, 9.17) is 19.6 Å². The number of phosphoric acid groups is 2. The lowest BCUT2D eigenvalue weighted by Gasteiger charge is -1.94. The van der Waals surface area contributed by atoms with Gasteiger partial charge in [-0.2, -0.15) is 0 Å². The minimum absolute atomic E-state index is 0.0849. The zero-order valence-electron chi connectivity index (χ0n) is 6.32. The summed E-state index contributed by atoms with van der Waals surface area (Å²) >= 11 is 0. The van der Waals surface area contributed by atoms with Crippen molar-refractivity contribution in [3.8, 4) is 0 Å². The molecule has 0 aliphatic carbocycles. The maximum absolute atomic E-state index is 9.51. The molecule has 8 nitrogen and oxygen atoms in total. The van der Waals surface area contributed by atoms with E-state index in [9.17, 15) is 9.13 Å². The van der Waals surface area contributed by atoms with Crippen molar-refractivity contribution in [1.29, 1.82) is 0 Å². The lowest BCUT2D eigenvalue weighted by molar-refractivity contribution is 0.289. The minimum Gasteiger partial charge on any atom is -0.342 e. The Kier molecular flexibility index (Phi) is 7.77. The first-order valence-corrected chi connectivity index (χ1v) is 7.04. The molecule has 0 spiro atoms. The van der Waals surface area contributed by atoms with Crippen LogP contribution in [0, 0.1) is 0 Å². The van der Waals surface area contributed by atoms with Crippen LogP contribution in [0.15, 0.2) is 0 Å². The molecule has 0 rings (SSSR count). The monoisotopic (exact) mass is 256 g/mol. The van der Waals surface area contributed by atoms with Crippen LogP contribution in [-0.4, -0.2) is 40.5 Å². The third-order valence-electron chi connectivity index (χ3n) is 0.476. The average Bonchev–Trinajstić information content (AvgIpc) is 1.86. The van der Waals surface area contributed by atoms with E-state index < -0.39 is 15.6 Å². The summed E-state index contributed by atoms with van der Waals surface area (Å²) in [6.07, 6.45) is 0. The Morgan fingerprint density at radius 3 is 0.917 bits per heavy atom. The zero-order valence-corrected chi connectivity index (χ0v) is 12.1. The second kappa shape index (κ2) is 6.16. The highest BCUT2D eigenvalue weighted by molar-refractivity contribution is 7.47. The van der Waals surface area contributed by atoms with Gasteiger partial charge in [-0.25, -0.2) is 9.13 Å². The highest BCUT2D eigenvalue weighted by Crippen LogP contribution is 2.33. The quantitative estimate of drug-likeness (QED) is 0.299. The highest BCUT2D eigenvalue weighted by atomic mass is 31.2. The molecular formula is H10O8P2Si2. The van der Waals surface area contributed by atoms with E-state index in [0.29, 0.717) is 0 Å². The van der Waals surface area contributed by atoms with Gasteiger partial charge >= 0.3 is 15.6 Å². The van der Waals surface area contributed by atoms with Crippen LogP contribution in [0.2, 0.25) is 0 Å². The molecule has 0 aliphatic heterocycles. The normalized spacial score (nSPS) is 12.3. The van der Waals surface area contributed by atoms with Crippen molar-refractivity contribution in [3.05, 3.63) is 0 Å². The topological polar surface area (TPSA) is 134 Å². The van der Waals surface area contributed by atoms with Crippen molar-refractivity contribution in [3.63, 3.8) is 0 Å². The van der Waals surface area contributed by atoms with Crippen LogP contribution < -0.4 is 0 Å². The number of rotatable bonds is 2. The molecule has 0 saturated heterocycles. The predicted octanol–water partition coefficient (Wildman–Crippen LogP) is -3.25. The summed E-state index contributed by atoms with van der Waals surface area (Å²) in [5.41, 5.74) is 0. The summed E-state index contributed by atoms with van der Waals surface area (Å²) < 4.78 is 26.5. The van der Waals surface area contributed by atoms with Crippen molar-refractivity contribution in [2.75, 3.05) is 0 Å². The van der Waals surface area contributed by atoms with Crippen molar-refractivity contribution in [2.24, 2.45) is 0 Å². The van der Waals surface area contributed by atoms with Gasteiger partial charge in [-0.15, -0.1) is 0 Å². The molecule has 0 fully saturated rings. The molecule has 12 heteroatoms. The van der Waals surface area contributed by atoms with Gasteiger partial charge in [0.2, 0.25) is 0 Å². The van der Waals surface area contributed by atoms with E-state index >= 15 is 0 Å². The summed E-state index contributed by atoms with van der Waals surface area (Å²) in [4.78, 5) is 31.0. The Morgan fingerprint density at radius 2 is 0.917 bits per heavy atom. The van der Waals surface area contributed by atoms with Gasteiger partial charge in [0.15, 0.2) is 21.0 Å². The first-order chi connectivity index (χ1) is 5.12. The smallest absolute Gasteiger partial charge is 0.342 e. The van der Waals surface area contributed by atoms with E-state index in [1.165, 1.54) is 0 Å². The van der Waals surface area contributed by atoms with Crippen molar-refractivity contribution >= 4 is 36.6 Å². The van der Waals surface area contributed by atoms with Gasteiger partial charge in [-0.1, -0.05) is 0 Å². The summed E-state index contributed by atoms with van der Waals surface area (Å²) in [5, 5.41) is 0. The first kappa shape index (κ1) is 15.1. The Balaban J connectivity index is 0. The summed E-state index contributed by atoms with van der Waals surface area (Å²) in [7, 11) is -8.00. The fraction of sp³-hybridized carbons (Fsp3) is 0. The van der Waals surface area contributed by atoms with Gasteiger partial charge < -0.3 is 28.0 Å². The lowest BCUT2D eigenvalue weighted by Crippen LogP contribution is -1.78. The summed E-state index contributed by atoms with van der Waals surface area (Å²) in [6, 6.07) is 0. The van der Waals surface area contributed by atoms with Crippen molar-refractivity contribution < 1.29 is 37.1 Å². The van der Waals surface area contributed by atoms with Gasteiger partial charge in [0.05, 0.1) is 0 Å². The SMILES string of the molecule is O=P(O)(O)O[SiH3].O=P(O)(O)O[SiH3]. The van der Waals surface area contributed by atoms with Gasteiger partial charge in [0, 0.05) is 0 Å². The minimum atomic E-state index is -4.08. The average molecular weight is 256 g/mol. The summed E-state index contributed by atoms with van der Waals surface area (Å²) in [6.45, 7) is 0. The van der Waals surface area contributed by atoms with Gasteiger partial charge in [0.25, 0.3) is 0 Å². The van der Waals surface area contributed by atoms with Crippen LogP contribution in [-0.2, 0) is 17.6 Å². The van der Waals surface area contributed by atoms with Crippen LogP contribution in [0.5, 0.6) is 0 Å². The molecule has 0 saturated carbocycles. The Hall–Kier alpha value is 0.654. The Morgan fingerprint density at radius 1 is 0.833 bits per heavy atom. The Bertz CT molecular complexity index is 165. The molecular weight excluding hydrogens is 246 g/mol. The largest absolute Gasteiger partial charge is 0.458 e. The van der Waals surface area contributed by atoms with E-state index in [2.05, 4.69) is 8.43 Å². The molecule has 0 aliphatic rings. The maximum Gasteiger partial charge on any atom is 0.458 e. The molecule has 0 bridgehead atoms. The first-order valence-electron chi connectivity index (χ1n) is 2.35. The highest BCUT2D eigenvalue weighted by Gasteiger charge is 2.06. The van der Waals surface area contributed by atoms with Crippen molar-refractivity contribution in [2.45, 2.75) is 0 Å². The molecule has 76 valence electrons. The second-order valence-electron chi connectivity index (χ2n) is 1.35. The molecule has 0 unspecified atom stereocenters. The molecule has 0 heterocycles. The van der Waals surface area contributed by atoms with Gasteiger partial charge in [0.1, 0.15) is 0 Å². The second-order valence-corrected chi connectivity index (χ2v) is 6.23. The molecule has 0 aromatic heterocycles. The fourth-order valence-electron chi connectivity index (χ4n) is 0. The summed E-state index contributed by atoms with van der Waals surface area (Å²) in [5.74, 6) is 0. The van der Waals surface area contributed by atoms with E-state index in [-0.39, 0.29) is 21.0 Å². The molecule has 0 amide bonds. The van der Waals surface area contributed by atoms with Gasteiger partial charge in [-0.05, 0) is 0 Å². The third-order valence-corrected chi connectivity index (χ3v) is 4.28. The van der Waals surface area contributed by atoms with E-state index in [0.717, 1.165) is 0 Å². The van der Waals surface area contributed by atoms with Gasteiger partial charge in [-0.3, -0.25) is 0 Å². The van der Waals surface area contributed by atoms with Crippen LogP contribution in [0.4, 0.5) is 0 Å². The van der Waals surface area contributed by atoms with E-state index in [1.807, 2.05) is 0 Å². The lowest BCUT2D eigenvalue weighted by atomic mass is 15.7. The standard InChI is InChI=1S/2H5O4PSi/c2*1-5(2,3)4-6/h2*6H3,(H2,1,2,3). The fourth-order valence-corrected chi connectivity index (χ4v) is 0. The predicted molar refractivity (Wildman–Crippen MR) is 46.1 cm³/mol. The molecule has 0 aromatic carbocycles. The molecule has 4 N–H and O–H groups in total. The van der Waals surface area contributed by atoms with Crippen LogP contribution in [0.3, 0.4) is 0 Å². The van der Waals surface area contributed by atoms with Crippen LogP contribution >= 0.6 is 15.6 Å². The molecule has 0 radical (unpaired) electrons. The van der Waals surface area contributed by atoms with Crippen LogP contribution in [0.1, 0.15) is 0 Å². The zero-order chi connectivity index (χ0) is 10.4.